The van der Waals surface area contributed by atoms with Gasteiger partial charge >= 0.3 is 0 Å². The smallest absolute Gasteiger partial charge is 0.283 e. The van der Waals surface area contributed by atoms with E-state index in [2.05, 4.69) is 26.3 Å². The maximum Gasteiger partial charge on any atom is 0.283 e. The zero-order valence-corrected chi connectivity index (χ0v) is 12.9. The summed E-state index contributed by atoms with van der Waals surface area (Å²) < 4.78 is 12.5. The quantitative estimate of drug-likeness (QED) is 0.765. The third kappa shape index (κ3) is 3.20. The maximum absolute atomic E-state index is 12.0. The number of nitrogens with zero attached hydrogens (tertiary/aromatic N) is 2. The Hall–Kier alpha value is -0.960. The first-order valence-electron chi connectivity index (χ1n) is 6.35. The van der Waals surface area contributed by atoms with E-state index in [-0.39, 0.29) is 24.3 Å². The Balaban J connectivity index is 2.10. The molecule has 1 unspecified atom stereocenters. The Kier molecular flexibility index (Phi) is 5.14. The summed E-state index contributed by atoms with van der Waals surface area (Å²) in [6, 6.07) is 0. The Morgan fingerprint density at radius 2 is 2.50 bits per heavy atom. The van der Waals surface area contributed by atoms with Crippen LogP contribution in [0.25, 0.3) is 0 Å². The fourth-order valence-electron chi connectivity index (χ4n) is 2.06. The first-order valence-corrected chi connectivity index (χ1v) is 7.14. The average Bonchev–Trinajstić information content (AvgIpc) is 2.93. The largest absolute Gasteiger partial charge is 0.394 e. The molecular weight excluding hydrogens is 330 g/mol. The van der Waals surface area contributed by atoms with Crippen LogP contribution in [0.4, 0.5) is 5.69 Å². The molecule has 0 bridgehead atoms. The summed E-state index contributed by atoms with van der Waals surface area (Å²) in [7, 11) is 1.66. The Morgan fingerprint density at radius 1 is 1.70 bits per heavy atom. The van der Waals surface area contributed by atoms with Gasteiger partial charge in [0.25, 0.3) is 5.56 Å². The molecule has 1 aliphatic rings. The topological polar surface area (TPSA) is 85.6 Å². The number of halogens is 1. The molecule has 0 radical (unpaired) electrons. The van der Waals surface area contributed by atoms with Gasteiger partial charge in [0, 0.05) is 26.7 Å². The number of ether oxygens (including phenoxy) is 2. The molecule has 0 spiro atoms. The van der Waals surface area contributed by atoms with Crippen molar-refractivity contribution in [3.8, 4) is 0 Å². The summed E-state index contributed by atoms with van der Waals surface area (Å²) >= 11 is 3.26. The van der Waals surface area contributed by atoms with Crippen LogP contribution < -0.4 is 10.9 Å². The van der Waals surface area contributed by atoms with Gasteiger partial charge in [0.05, 0.1) is 31.6 Å². The minimum atomic E-state index is -0.362. The molecule has 0 aliphatic carbocycles. The van der Waals surface area contributed by atoms with E-state index in [1.165, 1.54) is 4.68 Å². The molecule has 112 valence electrons. The van der Waals surface area contributed by atoms with Gasteiger partial charge in [0.1, 0.15) is 10.1 Å². The Labute approximate surface area is 125 Å². The zero-order valence-electron chi connectivity index (χ0n) is 11.3. The maximum atomic E-state index is 12.0. The molecule has 1 aromatic rings. The van der Waals surface area contributed by atoms with E-state index >= 15 is 0 Å². The van der Waals surface area contributed by atoms with Crippen molar-refractivity contribution in [2.75, 3.05) is 38.8 Å². The van der Waals surface area contributed by atoms with E-state index in [0.717, 1.165) is 6.42 Å². The Morgan fingerprint density at radius 3 is 3.10 bits per heavy atom. The highest BCUT2D eigenvalue weighted by Crippen LogP contribution is 2.24. The van der Waals surface area contributed by atoms with Gasteiger partial charge in [-0.05, 0) is 15.9 Å². The number of aliphatic hydroxyl groups is 1. The first-order chi connectivity index (χ1) is 9.62. The van der Waals surface area contributed by atoms with Crippen molar-refractivity contribution in [3.63, 3.8) is 0 Å². The molecule has 0 saturated carbocycles. The number of aliphatic hydroxyl groups excluding tert-OH is 1. The van der Waals surface area contributed by atoms with Gasteiger partial charge < -0.3 is 19.9 Å². The second kappa shape index (κ2) is 6.66. The zero-order chi connectivity index (χ0) is 14.6. The molecule has 1 aliphatic heterocycles. The van der Waals surface area contributed by atoms with Crippen LogP contribution in [0.5, 0.6) is 0 Å². The third-order valence-electron chi connectivity index (χ3n) is 3.40. The van der Waals surface area contributed by atoms with Gasteiger partial charge in [0.15, 0.2) is 0 Å². The molecule has 2 rings (SSSR count). The van der Waals surface area contributed by atoms with Crippen molar-refractivity contribution in [2.24, 2.45) is 0 Å². The summed E-state index contributed by atoms with van der Waals surface area (Å²) in [5.41, 5.74) is -0.0370. The fraction of sp³-hybridized carbons (Fsp3) is 0.667. The van der Waals surface area contributed by atoms with Crippen molar-refractivity contribution in [1.82, 2.24) is 9.78 Å². The van der Waals surface area contributed by atoms with Crippen molar-refractivity contribution >= 4 is 21.6 Å². The van der Waals surface area contributed by atoms with Crippen molar-refractivity contribution < 1.29 is 14.6 Å². The van der Waals surface area contributed by atoms with Crippen molar-refractivity contribution in [3.05, 3.63) is 21.0 Å². The second-order valence-electron chi connectivity index (χ2n) is 4.67. The van der Waals surface area contributed by atoms with Crippen LogP contribution >= 0.6 is 15.9 Å². The standard InChI is InChI=1S/C12H18BrN3O4/c1-19-12(2-5-20-8-12)7-14-9-6-15-16(3-4-17)11(18)10(9)13/h6,14,17H,2-5,7-8H2,1H3. The van der Waals surface area contributed by atoms with Crippen molar-refractivity contribution in [1.29, 1.82) is 0 Å². The van der Waals surface area contributed by atoms with E-state index in [1.54, 1.807) is 13.3 Å². The molecule has 2 N–H and O–H groups in total. The molecule has 0 aromatic carbocycles. The first kappa shape index (κ1) is 15.4. The summed E-state index contributed by atoms with van der Waals surface area (Å²) in [5, 5.41) is 16.0. The molecule has 1 atom stereocenters. The van der Waals surface area contributed by atoms with Crippen LogP contribution in [0.1, 0.15) is 6.42 Å². The lowest BCUT2D eigenvalue weighted by Gasteiger charge is -2.26. The van der Waals surface area contributed by atoms with Crippen LogP contribution in [-0.2, 0) is 16.0 Å². The van der Waals surface area contributed by atoms with Crippen molar-refractivity contribution in [2.45, 2.75) is 18.6 Å². The summed E-state index contributed by atoms with van der Waals surface area (Å²) in [6.45, 7) is 1.78. The predicted molar refractivity (Wildman–Crippen MR) is 76.9 cm³/mol. The Bertz CT molecular complexity index is 514. The highest BCUT2D eigenvalue weighted by atomic mass is 79.9. The lowest BCUT2D eigenvalue weighted by atomic mass is 10.0. The van der Waals surface area contributed by atoms with Gasteiger partial charge in [0.2, 0.25) is 0 Å². The molecule has 20 heavy (non-hydrogen) atoms. The monoisotopic (exact) mass is 347 g/mol. The number of nitrogens with one attached hydrogen (secondary N) is 1. The number of hydrogen-bond acceptors (Lipinski definition) is 6. The molecule has 0 amide bonds. The molecule has 1 fully saturated rings. The van der Waals surface area contributed by atoms with Crippen LogP contribution in [-0.4, -0.2) is 54.0 Å². The van der Waals surface area contributed by atoms with E-state index < -0.39 is 0 Å². The van der Waals surface area contributed by atoms with E-state index in [0.29, 0.717) is 29.9 Å². The highest BCUT2D eigenvalue weighted by molar-refractivity contribution is 9.10. The molecule has 7 nitrogen and oxygen atoms in total. The summed E-state index contributed by atoms with van der Waals surface area (Å²) in [6.07, 6.45) is 2.36. The SMILES string of the molecule is COC1(CNc2cnn(CCO)c(=O)c2Br)CCOC1. The van der Waals surface area contributed by atoms with Crippen LogP contribution in [0, 0.1) is 0 Å². The highest BCUT2D eigenvalue weighted by Gasteiger charge is 2.34. The minimum Gasteiger partial charge on any atom is -0.394 e. The minimum absolute atomic E-state index is 0.129. The van der Waals surface area contributed by atoms with E-state index in [4.69, 9.17) is 14.6 Å². The number of methoxy groups -OCH3 is 1. The summed E-state index contributed by atoms with van der Waals surface area (Å²) in [5.74, 6) is 0. The summed E-state index contributed by atoms with van der Waals surface area (Å²) in [4.78, 5) is 12.0. The molecule has 2 heterocycles. The third-order valence-corrected chi connectivity index (χ3v) is 4.16. The van der Waals surface area contributed by atoms with Gasteiger partial charge in [-0.15, -0.1) is 0 Å². The number of rotatable bonds is 6. The average molecular weight is 348 g/mol. The van der Waals surface area contributed by atoms with Gasteiger partial charge in [-0.3, -0.25) is 4.79 Å². The number of aromatic nitrogens is 2. The van der Waals surface area contributed by atoms with Crippen LogP contribution in [0.15, 0.2) is 15.5 Å². The molecule has 1 saturated heterocycles. The second-order valence-corrected chi connectivity index (χ2v) is 5.46. The van der Waals surface area contributed by atoms with Gasteiger partial charge in [-0.25, -0.2) is 4.68 Å². The lowest BCUT2D eigenvalue weighted by Crippen LogP contribution is -2.40. The molecule has 8 heteroatoms. The fourth-order valence-corrected chi connectivity index (χ4v) is 2.51. The van der Waals surface area contributed by atoms with Crippen LogP contribution in [0.3, 0.4) is 0 Å². The van der Waals surface area contributed by atoms with E-state index in [9.17, 15) is 4.79 Å². The van der Waals surface area contributed by atoms with Crippen LogP contribution in [0.2, 0.25) is 0 Å². The predicted octanol–water partition coefficient (Wildman–Crippen LogP) is 0.215. The normalized spacial score (nSPS) is 22.1. The lowest BCUT2D eigenvalue weighted by molar-refractivity contribution is -0.00621. The molecular formula is C12H18BrN3O4. The number of hydrogen-bond donors (Lipinski definition) is 2. The molecule has 1 aromatic heterocycles. The van der Waals surface area contributed by atoms with Gasteiger partial charge in [-0.2, -0.15) is 5.10 Å². The van der Waals surface area contributed by atoms with Gasteiger partial charge in [-0.1, -0.05) is 0 Å². The van der Waals surface area contributed by atoms with E-state index in [1.807, 2.05) is 0 Å². The number of anilines is 1.